The molecule has 6 atom stereocenters. The molecule has 442 valence electrons. The number of nitrogens with one attached hydrogen (secondary N) is 9. The van der Waals surface area contributed by atoms with E-state index in [1.807, 2.05) is 85.7 Å². The number of amides is 9. The van der Waals surface area contributed by atoms with E-state index in [4.69, 9.17) is 0 Å². The molecule has 9 N–H and O–H groups in total. The van der Waals surface area contributed by atoms with Crippen molar-refractivity contribution in [3.8, 4) is 0 Å². The quantitative estimate of drug-likeness (QED) is 0.0423. The van der Waals surface area contributed by atoms with Gasteiger partial charge in [-0.1, -0.05) is 111 Å². The zero-order valence-corrected chi connectivity index (χ0v) is 50.4. The maximum Gasteiger partial charge on any atom is 0.246 e. The van der Waals surface area contributed by atoms with Crippen molar-refractivity contribution in [2.24, 2.45) is 23.7 Å². The van der Waals surface area contributed by atoms with Crippen molar-refractivity contribution in [2.45, 2.75) is 234 Å². The van der Waals surface area contributed by atoms with Crippen LogP contribution in [0.15, 0.2) is 24.3 Å². The van der Waals surface area contributed by atoms with E-state index in [-0.39, 0.29) is 73.8 Å². The Bertz CT molecular complexity index is 2160. The number of likely N-dealkylation sites (N-methyl/N-ethyl adjacent to an activating group) is 1. The summed E-state index contributed by atoms with van der Waals surface area (Å²) in [6, 6.07) is 3.80. The largest absolute Gasteiger partial charge is 0.354 e. The predicted octanol–water partition coefficient (Wildman–Crippen LogP) is 4.88. The third-order valence-electron chi connectivity index (χ3n) is 13.9. The zero-order valence-electron chi connectivity index (χ0n) is 50.4. The van der Waals surface area contributed by atoms with Crippen molar-refractivity contribution in [3.05, 3.63) is 35.4 Å². The van der Waals surface area contributed by atoms with Crippen molar-refractivity contribution in [1.82, 2.24) is 52.8 Å². The number of fused-ring (bicyclic) bond motifs is 1. The van der Waals surface area contributed by atoms with Crippen LogP contribution in [0.5, 0.6) is 0 Å². The second-order valence-corrected chi connectivity index (χ2v) is 24.9. The summed E-state index contributed by atoms with van der Waals surface area (Å²) in [5.74, 6) is -5.23. The van der Waals surface area contributed by atoms with Gasteiger partial charge in [-0.25, -0.2) is 0 Å². The van der Waals surface area contributed by atoms with Crippen LogP contribution >= 0.6 is 0 Å². The number of aryl methyl sites for hydroxylation is 1. The van der Waals surface area contributed by atoms with Crippen LogP contribution in [0.4, 0.5) is 0 Å². The molecule has 1 aromatic carbocycles. The number of hydrogen-bond donors (Lipinski definition) is 9. The molecule has 19 heteroatoms. The summed E-state index contributed by atoms with van der Waals surface area (Å²) in [4.78, 5) is 126. The van der Waals surface area contributed by atoms with E-state index in [9.17, 15) is 43.2 Å². The SMILES string of the molecule is CCCCCCCCC(NC(=O)C1CCc2ccccc2C1)C(=O)NC(CC(C)C)C(=O)NC(C)(C)C(=O)NC(CC(C)C)C(=O)NC(CC(C)C)C(=O)NC(C)(C)C(=O)NC(C)(C)C(=O)NCCC(=O)NC(C)CN(C)C. The van der Waals surface area contributed by atoms with Gasteiger partial charge in [-0.2, -0.15) is 0 Å². The van der Waals surface area contributed by atoms with Crippen LogP contribution in [0.3, 0.4) is 0 Å². The van der Waals surface area contributed by atoms with Crippen LogP contribution < -0.4 is 47.9 Å². The number of hydrogen-bond acceptors (Lipinski definition) is 10. The minimum atomic E-state index is -1.59. The summed E-state index contributed by atoms with van der Waals surface area (Å²) < 4.78 is 0. The third-order valence-corrected chi connectivity index (χ3v) is 13.9. The minimum absolute atomic E-state index is 0.0367. The van der Waals surface area contributed by atoms with Crippen molar-refractivity contribution >= 4 is 53.2 Å². The first-order valence-electron chi connectivity index (χ1n) is 28.8. The first-order chi connectivity index (χ1) is 36.3. The molecule has 0 heterocycles. The van der Waals surface area contributed by atoms with Gasteiger partial charge < -0.3 is 52.8 Å². The first-order valence-corrected chi connectivity index (χ1v) is 28.8. The number of carbonyl (C=O) groups is 9. The Morgan fingerprint density at radius 2 is 1.03 bits per heavy atom. The van der Waals surface area contributed by atoms with Gasteiger partial charge in [0.15, 0.2) is 0 Å². The predicted molar refractivity (Wildman–Crippen MR) is 306 cm³/mol. The lowest BCUT2D eigenvalue weighted by Crippen LogP contribution is -2.65. The summed E-state index contributed by atoms with van der Waals surface area (Å²) in [5.41, 5.74) is -2.23. The van der Waals surface area contributed by atoms with E-state index in [1.54, 1.807) is 0 Å². The summed E-state index contributed by atoms with van der Waals surface area (Å²) >= 11 is 0. The van der Waals surface area contributed by atoms with E-state index in [2.05, 4.69) is 60.8 Å². The lowest BCUT2D eigenvalue weighted by Gasteiger charge is -2.34. The van der Waals surface area contributed by atoms with Crippen molar-refractivity contribution in [1.29, 1.82) is 0 Å². The van der Waals surface area contributed by atoms with E-state index in [0.717, 1.165) is 50.5 Å². The standard InChI is InChI=1S/C59H102N10O9/c1-17-18-19-20-21-22-27-44(62-49(71)43-29-28-41-25-23-24-26-42(41)35-43)50(72)63-46(33-38(4)5)52(74)66-58(11,12)55(77)65-45(32-37(2)3)51(73)64-47(34-39(6)7)53(75)67-59(13,14)56(78)68-57(9,10)54(76)60-31-30-48(70)61-40(8)36-69(15)16/h23-26,37-40,43-47H,17-22,27-36H2,1-16H3,(H,60,76)(H,61,70)(H,62,71)(H,63,72)(H,64,73)(H,65,77)(H,66,74)(H,67,75)(H,68,78). The molecule has 0 fully saturated rings. The van der Waals surface area contributed by atoms with E-state index >= 15 is 0 Å². The fourth-order valence-corrected chi connectivity index (χ4v) is 9.45. The van der Waals surface area contributed by atoms with Crippen molar-refractivity contribution in [2.75, 3.05) is 27.2 Å². The number of carbonyl (C=O) groups excluding carboxylic acids is 9. The van der Waals surface area contributed by atoms with Gasteiger partial charge in [-0.15, -0.1) is 0 Å². The van der Waals surface area contributed by atoms with Gasteiger partial charge in [0.1, 0.15) is 40.8 Å². The molecule has 9 amide bonds. The molecule has 0 aromatic heterocycles. The highest BCUT2D eigenvalue weighted by Gasteiger charge is 2.40. The first kappa shape index (κ1) is 68.5. The van der Waals surface area contributed by atoms with Crippen LogP contribution in [0.2, 0.25) is 0 Å². The molecule has 19 nitrogen and oxygen atoms in total. The van der Waals surface area contributed by atoms with Crippen LogP contribution in [-0.2, 0) is 56.0 Å². The highest BCUT2D eigenvalue weighted by atomic mass is 16.2. The van der Waals surface area contributed by atoms with Gasteiger partial charge in [-0.3, -0.25) is 43.2 Å². The number of rotatable bonds is 34. The van der Waals surface area contributed by atoms with Gasteiger partial charge in [0, 0.05) is 31.5 Å². The van der Waals surface area contributed by atoms with Crippen LogP contribution in [0.1, 0.15) is 185 Å². The fraction of sp³-hybridized carbons (Fsp3) is 0.746. The molecule has 1 aliphatic carbocycles. The van der Waals surface area contributed by atoms with Gasteiger partial charge in [0.2, 0.25) is 53.2 Å². The summed E-state index contributed by atoms with van der Waals surface area (Å²) in [5, 5.41) is 25.4. The van der Waals surface area contributed by atoms with E-state index < -0.39 is 82.1 Å². The topological polar surface area (TPSA) is 265 Å². The lowest BCUT2D eigenvalue weighted by atomic mass is 9.83. The molecule has 78 heavy (non-hydrogen) atoms. The molecule has 6 unspecified atom stereocenters. The minimum Gasteiger partial charge on any atom is -0.354 e. The molecular formula is C59H102N10O9. The summed E-state index contributed by atoms with van der Waals surface area (Å²) in [6.07, 6.45) is 9.02. The van der Waals surface area contributed by atoms with Crippen molar-refractivity contribution < 1.29 is 43.2 Å². The van der Waals surface area contributed by atoms with E-state index in [0.29, 0.717) is 25.8 Å². The Morgan fingerprint density at radius 1 is 0.551 bits per heavy atom. The van der Waals surface area contributed by atoms with Gasteiger partial charge in [-0.05, 0) is 136 Å². The Hall–Kier alpha value is -5.59. The van der Waals surface area contributed by atoms with Gasteiger partial charge in [0.25, 0.3) is 0 Å². The number of nitrogens with zero attached hydrogens (tertiary/aromatic N) is 1. The normalized spacial score (nSPS) is 15.7. The van der Waals surface area contributed by atoms with Gasteiger partial charge in [0.05, 0.1) is 0 Å². The van der Waals surface area contributed by atoms with Crippen LogP contribution in [0.25, 0.3) is 0 Å². The molecule has 0 spiro atoms. The molecule has 2 rings (SSSR count). The molecule has 1 aromatic rings. The molecule has 0 aliphatic heterocycles. The second-order valence-electron chi connectivity index (χ2n) is 24.9. The monoisotopic (exact) mass is 1090 g/mol. The highest BCUT2D eigenvalue weighted by molar-refractivity contribution is 5.99. The number of benzene rings is 1. The average Bonchev–Trinajstić information content (AvgIpc) is 3.32. The molecular weight excluding hydrogens is 993 g/mol. The smallest absolute Gasteiger partial charge is 0.246 e. The zero-order chi connectivity index (χ0) is 59.1. The molecule has 0 radical (unpaired) electrons. The summed E-state index contributed by atoms with van der Waals surface area (Å²) in [6.45, 7) is 25.0. The molecule has 0 saturated carbocycles. The van der Waals surface area contributed by atoms with Gasteiger partial charge >= 0.3 is 0 Å². The second kappa shape index (κ2) is 32.5. The molecule has 0 saturated heterocycles. The lowest BCUT2D eigenvalue weighted by molar-refractivity contribution is -0.139. The highest BCUT2D eigenvalue weighted by Crippen LogP contribution is 2.26. The fourth-order valence-electron chi connectivity index (χ4n) is 9.45. The maximum atomic E-state index is 14.2. The Kier molecular flexibility index (Phi) is 28.5. The molecule has 0 bridgehead atoms. The van der Waals surface area contributed by atoms with Crippen molar-refractivity contribution in [3.63, 3.8) is 0 Å². The number of unbranched alkanes of at least 4 members (excludes halogenated alkanes) is 5. The Morgan fingerprint density at radius 3 is 1.55 bits per heavy atom. The van der Waals surface area contributed by atoms with Crippen LogP contribution in [-0.4, -0.2) is 132 Å². The van der Waals surface area contributed by atoms with Crippen LogP contribution in [0, 0.1) is 23.7 Å². The van der Waals surface area contributed by atoms with E-state index in [1.165, 1.54) is 47.1 Å². The molecule has 1 aliphatic rings. The average molecular weight is 1100 g/mol. The summed E-state index contributed by atoms with van der Waals surface area (Å²) in [7, 11) is 3.80. The maximum absolute atomic E-state index is 14.2. The Balaban J connectivity index is 2.21. The Labute approximate surface area is 467 Å². The third kappa shape index (κ3) is 24.6.